The number of anilines is 2. The van der Waals surface area contributed by atoms with E-state index >= 15 is 0 Å². The average molecular weight is 949 g/mol. The van der Waals surface area contributed by atoms with Gasteiger partial charge in [0, 0.05) is 99.7 Å². The van der Waals surface area contributed by atoms with Crippen LogP contribution in [-0.2, 0) is 9.59 Å². The van der Waals surface area contributed by atoms with E-state index in [1.807, 2.05) is 44.6 Å². The van der Waals surface area contributed by atoms with E-state index in [1.165, 1.54) is 12.8 Å². The Labute approximate surface area is 408 Å². The van der Waals surface area contributed by atoms with Gasteiger partial charge in [-0.15, -0.1) is 0 Å². The maximum Gasteiger partial charge on any atom is 0.260 e. The third-order valence-electron chi connectivity index (χ3n) is 13.9. The molecule has 4 aromatic rings. The van der Waals surface area contributed by atoms with Gasteiger partial charge in [0.2, 0.25) is 11.8 Å². The number of ether oxygens (including phenoxy) is 4. The van der Waals surface area contributed by atoms with Crippen molar-refractivity contribution in [3.8, 4) is 23.0 Å². The fourth-order valence-electron chi connectivity index (χ4n) is 9.86. The van der Waals surface area contributed by atoms with Gasteiger partial charge in [0.15, 0.2) is 23.0 Å². The first-order valence-electron chi connectivity index (χ1n) is 23.9. The van der Waals surface area contributed by atoms with Gasteiger partial charge < -0.3 is 49.6 Å². The molecule has 70 heavy (non-hydrogen) atoms. The van der Waals surface area contributed by atoms with Gasteiger partial charge in [-0.25, -0.2) is 0 Å². The Balaban J connectivity index is 0.795. The molecule has 1 fully saturated rings. The van der Waals surface area contributed by atoms with Crippen LogP contribution in [0.5, 0.6) is 23.0 Å². The van der Waals surface area contributed by atoms with E-state index in [0.717, 1.165) is 48.5 Å². The van der Waals surface area contributed by atoms with Crippen molar-refractivity contribution < 1.29 is 38.1 Å². The Kier molecular flexibility index (Phi) is 13.8. The molecule has 0 aliphatic carbocycles. The number of nitrogens with zero attached hydrogens (tertiary/aromatic N) is 6. The van der Waals surface area contributed by atoms with E-state index < -0.39 is 17.7 Å². The van der Waals surface area contributed by atoms with Gasteiger partial charge >= 0.3 is 0 Å². The number of fused-ring (bicyclic) bond motifs is 4. The number of rotatable bonds is 16. The maximum absolute atomic E-state index is 14.0. The number of methoxy groups -OCH3 is 2. The summed E-state index contributed by atoms with van der Waals surface area (Å²) in [5.41, 5.74) is 13.2. The fourth-order valence-corrected chi connectivity index (χ4v) is 9.86. The molecular formula is C54H60N8O8. The lowest BCUT2D eigenvalue weighted by atomic mass is 9.83. The van der Waals surface area contributed by atoms with E-state index in [1.54, 1.807) is 66.4 Å². The molecule has 0 radical (unpaired) electrons. The molecule has 1 saturated heterocycles. The van der Waals surface area contributed by atoms with Gasteiger partial charge in [0.1, 0.15) is 0 Å². The van der Waals surface area contributed by atoms with Crippen LogP contribution in [0.1, 0.15) is 71.9 Å². The standard InChI is InChI=1S/C54H60N8O8/c1-32(2)50(51(55)63)33(3)52(64)58-38-12-8-34(9-13-38)36-22-40-28-56-44-26-48(46(67-5)24-42(44)53(65)61(40)30-36)69-20-7-21-70-49-27-45-43(25-47(49)68-6)54(66)62-31-37(23-41(62)29-57-45)35-10-14-39(15-11-35)60-18-16-59(4)17-19-60/h8-15,24-33,40-41,50H,7,16-23H2,1-6H3,(H2,55,63)(H,58,64)/t33-,40+,41+,50?/m0/s1. The molecule has 0 bridgehead atoms. The summed E-state index contributed by atoms with van der Waals surface area (Å²) >= 11 is 0. The molecule has 16 heteroatoms. The number of primary amides is 1. The van der Waals surface area contributed by atoms with Crippen LogP contribution in [0.25, 0.3) is 11.1 Å². The predicted octanol–water partition coefficient (Wildman–Crippen LogP) is 7.58. The van der Waals surface area contributed by atoms with Crippen LogP contribution in [0.15, 0.2) is 95.2 Å². The van der Waals surface area contributed by atoms with Crippen molar-refractivity contribution in [2.24, 2.45) is 33.5 Å². The SMILES string of the molecule is COc1cc2c(cc1OCCCOc1cc3c(cc1OC)C(=O)N1C=C(c4ccc(N5CCN(C)CC5)cc4)C[C@@H]1C=N3)N=C[C@H]1CC(c3ccc(NC(=O)[C@@H](C)C(C(N)=O)C(C)C)cc3)=CN1C2=O. The van der Waals surface area contributed by atoms with Crippen LogP contribution in [0.3, 0.4) is 0 Å². The molecule has 4 atom stereocenters. The number of nitrogens with two attached hydrogens (primary N) is 1. The molecule has 5 heterocycles. The Morgan fingerprint density at radius 1 is 0.700 bits per heavy atom. The Hall–Kier alpha value is -7.46. The van der Waals surface area contributed by atoms with Gasteiger partial charge in [-0.1, -0.05) is 45.0 Å². The van der Waals surface area contributed by atoms with Crippen molar-refractivity contribution in [3.63, 3.8) is 0 Å². The van der Waals surface area contributed by atoms with Gasteiger partial charge in [0.05, 0.1) is 67.9 Å². The number of amides is 4. The third-order valence-corrected chi connectivity index (χ3v) is 13.9. The summed E-state index contributed by atoms with van der Waals surface area (Å²) in [6.45, 7) is 10.1. The van der Waals surface area contributed by atoms with Crippen LogP contribution in [0.2, 0.25) is 0 Å². The number of likely N-dealkylation sites (N-methyl/N-ethyl adjacent to an activating group) is 1. The molecule has 3 N–H and O–H groups in total. The number of piperazine rings is 1. The lowest BCUT2D eigenvalue weighted by Gasteiger charge is -2.34. The minimum absolute atomic E-state index is 0.0738. The number of hydrogen-bond acceptors (Lipinski definition) is 12. The highest BCUT2D eigenvalue weighted by Gasteiger charge is 2.36. The molecule has 5 aliphatic rings. The number of aliphatic imine (C=N–C) groups is 2. The highest BCUT2D eigenvalue weighted by atomic mass is 16.5. The summed E-state index contributed by atoms with van der Waals surface area (Å²) in [5, 5.41) is 2.90. The predicted molar refractivity (Wildman–Crippen MR) is 271 cm³/mol. The van der Waals surface area contributed by atoms with Gasteiger partial charge in [-0.3, -0.25) is 29.2 Å². The topological polar surface area (TPSA) is 181 Å². The summed E-state index contributed by atoms with van der Waals surface area (Å²) in [6.07, 6.45) is 9.10. The second-order valence-corrected chi connectivity index (χ2v) is 18.8. The minimum Gasteiger partial charge on any atom is -0.493 e. The number of benzene rings is 4. The molecule has 364 valence electrons. The van der Waals surface area contributed by atoms with Crippen LogP contribution in [0.4, 0.5) is 22.7 Å². The first kappa shape index (κ1) is 47.6. The van der Waals surface area contributed by atoms with E-state index in [2.05, 4.69) is 46.4 Å². The average Bonchev–Trinajstić information content (AvgIpc) is 3.94. The number of nitrogens with one attached hydrogen (secondary N) is 1. The second-order valence-electron chi connectivity index (χ2n) is 18.8. The van der Waals surface area contributed by atoms with Crippen molar-refractivity contribution in [3.05, 3.63) is 107 Å². The fraction of sp³-hybridized carbons (Fsp3) is 0.370. The molecule has 0 aromatic heterocycles. The second kappa shape index (κ2) is 20.2. The van der Waals surface area contributed by atoms with Gasteiger partial charge in [-0.05, 0) is 71.6 Å². The quantitative estimate of drug-likeness (QED) is 0.106. The summed E-state index contributed by atoms with van der Waals surface area (Å²) in [5.74, 6) is -0.667. The first-order chi connectivity index (χ1) is 33.8. The van der Waals surface area contributed by atoms with Crippen molar-refractivity contribution in [2.45, 2.75) is 52.1 Å². The smallest absolute Gasteiger partial charge is 0.260 e. The maximum atomic E-state index is 14.0. The molecule has 5 aliphatic heterocycles. The molecular weight excluding hydrogens is 889 g/mol. The Morgan fingerprint density at radius 2 is 1.19 bits per heavy atom. The van der Waals surface area contributed by atoms with Crippen LogP contribution in [-0.4, -0.2) is 124 Å². The highest BCUT2D eigenvalue weighted by Crippen LogP contribution is 2.42. The highest BCUT2D eigenvalue weighted by molar-refractivity contribution is 6.06. The zero-order chi connectivity index (χ0) is 49.2. The summed E-state index contributed by atoms with van der Waals surface area (Å²) < 4.78 is 23.8. The largest absolute Gasteiger partial charge is 0.493 e. The molecule has 4 amide bonds. The van der Waals surface area contributed by atoms with Crippen molar-refractivity contribution in [1.29, 1.82) is 0 Å². The molecule has 9 rings (SSSR count). The van der Waals surface area contributed by atoms with Gasteiger partial charge in [-0.2, -0.15) is 0 Å². The number of carbonyl (C=O) groups is 4. The molecule has 16 nitrogen and oxygen atoms in total. The van der Waals surface area contributed by atoms with Gasteiger partial charge in [0.25, 0.3) is 11.8 Å². The van der Waals surface area contributed by atoms with E-state index in [0.29, 0.717) is 70.4 Å². The lowest BCUT2D eigenvalue weighted by Crippen LogP contribution is -2.44. The zero-order valence-electron chi connectivity index (χ0n) is 40.5. The first-order valence-corrected chi connectivity index (χ1v) is 23.9. The Morgan fingerprint density at radius 3 is 1.64 bits per heavy atom. The van der Waals surface area contributed by atoms with Crippen LogP contribution < -0.4 is 34.9 Å². The molecule has 1 unspecified atom stereocenters. The van der Waals surface area contributed by atoms with E-state index in [-0.39, 0.29) is 48.9 Å². The number of carbonyl (C=O) groups excluding carboxylic acids is 4. The summed E-state index contributed by atoms with van der Waals surface area (Å²) in [7, 11) is 5.23. The van der Waals surface area contributed by atoms with Crippen molar-refractivity contribution >= 4 is 70.0 Å². The minimum atomic E-state index is -0.591. The third kappa shape index (κ3) is 9.73. The van der Waals surface area contributed by atoms with Crippen molar-refractivity contribution in [2.75, 3.05) is 70.9 Å². The Bertz CT molecular complexity index is 2790. The zero-order valence-corrected chi connectivity index (χ0v) is 40.5. The number of hydrogen-bond donors (Lipinski definition) is 2. The summed E-state index contributed by atoms with van der Waals surface area (Å²) in [6, 6.07) is 22.3. The van der Waals surface area contributed by atoms with E-state index in [9.17, 15) is 19.2 Å². The molecule has 4 aromatic carbocycles. The van der Waals surface area contributed by atoms with Crippen LogP contribution >= 0.6 is 0 Å². The normalized spacial score (nSPS) is 19.3. The van der Waals surface area contributed by atoms with E-state index in [4.69, 9.17) is 34.7 Å². The summed E-state index contributed by atoms with van der Waals surface area (Å²) in [4.78, 5) is 70.7. The monoisotopic (exact) mass is 948 g/mol. The molecule has 0 spiro atoms. The van der Waals surface area contributed by atoms with Crippen molar-refractivity contribution in [1.82, 2.24) is 14.7 Å². The van der Waals surface area contributed by atoms with Crippen LogP contribution in [0, 0.1) is 17.8 Å². The lowest BCUT2D eigenvalue weighted by molar-refractivity contribution is -0.131. The molecule has 0 saturated carbocycles.